The van der Waals surface area contributed by atoms with E-state index in [1.807, 2.05) is 6.92 Å². The molecule has 0 radical (unpaired) electrons. The van der Waals surface area contributed by atoms with Crippen LogP contribution in [0.25, 0.3) is 0 Å². The molecule has 0 saturated carbocycles. The van der Waals surface area contributed by atoms with Crippen molar-refractivity contribution in [1.29, 1.82) is 0 Å². The number of hydrogen-bond donors (Lipinski definition) is 1. The van der Waals surface area contributed by atoms with Gasteiger partial charge in [0.15, 0.2) is 0 Å². The highest BCUT2D eigenvalue weighted by molar-refractivity contribution is 9.10. The molecule has 1 heterocycles. The first-order valence-corrected chi connectivity index (χ1v) is 4.52. The Hall–Kier alpha value is -0.610. The Labute approximate surface area is 79.3 Å². The second-order valence-electron chi connectivity index (χ2n) is 2.68. The number of pyridine rings is 1. The van der Waals surface area contributed by atoms with Crippen molar-refractivity contribution in [3.8, 4) is 0 Å². The van der Waals surface area contributed by atoms with Gasteiger partial charge in [0.25, 0.3) is 5.56 Å². The fourth-order valence-corrected chi connectivity index (χ4v) is 1.29. The Morgan fingerprint density at radius 2 is 2.33 bits per heavy atom. The molecule has 0 fully saturated rings. The van der Waals surface area contributed by atoms with Gasteiger partial charge < -0.3 is 10.3 Å². The molecule has 0 spiro atoms. The summed E-state index contributed by atoms with van der Waals surface area (Å²) in [5.41, 5.74) is 5.43. The first kappa shape index (κ1) is 9.48. The van der Waals surface area contributed by atoms with Gasteiger partial charge in [-0.15, -0.1) is 0 Å². The van der Waals surface area contributed by atoms with Crippen LogP contribution in [0.3, 0.4) is 0 Å². The summed E-state index contributed by atoms with van der Waals surface area (Å²) in [4.78, 5) is 11.3. The molecule has 3 nitrogen and oxygen atoms in total. The van der Waals surface area contributed by atoms with Crippen molar-refractivity contribution in [2.45, 2.75) is 13.0 Å². The van der Waals surface area contributed by atoms with Crippen LogP contribution in [0.5, 0.6) is 0 Å². The molecule has 1 aromatic rings. The van der Waals surface area contributed by atoms with Crippen LogP contribution in [-0.4, -0.2) is 11.1 Å². The lowest BCUT2D eigenvalue weighted by atomic mass is 10.3. The highest BCUT2D eigenvalue weighted by Crippen LogP contribution is 2.08. The number of halogens is 1. The van der Waals surface area contributed by atoms with Crippen LogP contribution >= 0.6 is 15.9 Å². The molecule has 0 saturated heterocycles. The molecule has 4 heteroatoms. The van der Waals surface area contributed by atoms with Crippen molar-refractivity contribution < 1.29 is 0 Å². The van der Waals surface area contributed by atoms with E-state index in [1.165, 1.54) is 6.07 Å². The van der Waals surface area contributed by atoms with Gasteiger partial charge in [0, 0.05) is 29.3 Å². The minimum absolute atomic E-state index is 0.0175. The fraction of sp³-hybridized carbons (Fsp3) is 0.375. The third-order valence-corrected chi connectivity index (χ3v) is 2.19. The molecule has 2 N–H and O–H groups in total. The average molecular weight is 231 g/mol. The summed E-state index contributed by atoms with van der Waals surface area (Å²) in [6.45, 7) is 2.38. The maximum absolute atomic E-state index is 11.3. The van der Waals surface area contributed by atoms with Gasteiger partial charge in [0.1, 0.15) is 0 Å². The van der Waals surface area contributed by atoms with Crippen LogP contribution in [0.2, 0.25) is 0 Å². The van der Waals surface area contributed by atoms with Gasteiger partial charge in [0.05, 0.1) is 0 Å². The average Bonchev–Trinajstić information content (AvgIpc) is 2.08. The Bertz CT molecular complexity index is 321. The van der Waals surface area contributed by atoms with Crippen LogP contribution in [0, 0.1) is 0 Å². The molecule has 0 amide bonds. The SMILES string of the molecule is CC(CN)n1cc(Br)ccc1=O. The van der Waals surface area contributed by atoms with Gasteiger partial charge in [-0.2, -0.15) is 0 Å². The maximum Gasteiger partial charge on any atom is 0.250 e. The molecule has 0 aromatic carbocycles. The molecular weight excluding hydrogens is 220 g/mol. The van der Waals surface area contributed by atoms with Gasteiger partial charge in [-0.3, -0.25) is 4.79 Å². The summed E-state index contributed by atoms with van der Waals surface area (Å²) in [7, 11) is 0. The Balaban J connectivity index is 3.13. The second kappa shape index (κ2) is 3.87. The van der Waals surface area contributed by atoms with Crippen LogP contribution in [-0.2, 0) is 0 Å². The normalized spacial score (nSPS) is 12.9. The zero-order valence-electron chi connectivity index (χ0n) is 6.83. The van der Waals surface area contributed by atoms with E-state index in [9.17, 15) is 4.79 Å². The number of hydrogen-bond acceptors (Lipinski definition) is 2. The van der Waals surface area contributed by atoms with E-state index in [1.54, 1.807) is 16.8 Å². The molecule has 12 heavy (non-hydrogen) atoms. The summed E-state index contributed by atoms with van der Waals surface area (Å²) in [6, 6.07) is 3.30. The molecule has 1 unspecified atom stereocenters. The smallest absolute Gasteiger partial charge is 0.250 e. The standard InChI is InChI=1S/C8H11BrN2O/c1-6(4-10)11-5-7(9)2-3-8(11)12/h2-3,5-6H,4,10H2,1H3. The van der Waals surface area contributed by atoms with Crippen LogP contribution < -0.4 is 11.3 Å². The third kappa shape index (κ3) is 1.95. The van der Waals surface area contributed by atoms with Gasteiger partial charge in [-0.05, 0) is 28.9 Å². The molecule has 66 valence electrons. The van der Waals surface area contributed by atoms with Gasteiger partial charge in [0.2, 0.25) is 0 Å². The van der Waals surface area contributed by atoms with Crippen molar-refractivity contribution in [3.05, 3.63) is 33.2 Å². The van der Waals surface area contributed by atoms with E-state index in [0.29, 0.717) is 6.54 Å². The zero-order chi connectivity index (χ0) is 9.14. The molecule has 0 aliphatic carbocycles. The number of nitrogens with two attached hydrogens (primary N) is 1. The third-order valence-electron chi connectivity index (χ3n) is 1.72. The van der Waals surface area contributed by atoms with Crippen molar-refractivity contribution in [2.24, 2.45) is 5.73 Å². The highest BCUT2D eigenvalue weighted by atomic mass is 79.9. The molecule has 0 aliphatic heterocycles. The summed E-state index contributed by atoms with van der Waals surface area (Å²) in [5, 5.41) is 0. The van der Waals surface area contributed by atoms with Crippen LogP contribution in [0.15, 0.2) is 27.6 Å². The molecule has 1 rings (SSSR count). The highest BCUT2D eigenvalue weighted by Gasteiger charge is 2.03. The largest absolute Gasteiger partial charge is 0.328 e. The molecular formula is C8H11BrN2O. The van der Waals surface area contributed by atoms with E-state index in [0.717, 1.165) is 4.47 Å². The van der Waals surface area contributed by atoms with Gasteiger partial charge in [-0.1, -0.05) is 0 Å². The lowest BCUT2D eigenvalue weighted by molar-refractivity contribution is 0.539. The number of aromatic nitrogens is 1. The van der Waals surface area contributed by atoms with E-state index >= 15 is 0 Å². The van der Waals surface area contributed by atoms with E-state index in [2.05, 4.69) is 15.9 Å². The Morgan fingerprint density at radius 3 is 2.92 bits per heavy atom. The lowest BCUT2D eigenvalue weighted by Gasteiger charge is -2.12. The molecule has 0 bridgehead atoms. The van der Waals surface area contributed by atoms with Crippen LogP contribution in [0.1, 0.15) is 13.0 Å². The summed E-state index contributed by atoms with van der Waals surface area (Å²) in [6.07, 6.45) is 1.75. The molecule has 1 aromatic heterocycles. The molecule has 1 atom stereocenters. The Morgan fingerprint density at radius 1 is 1.67 bits per heavy atom. The predicted molar refractivity (Wildman–Crippen MR) is 52.2 cm³/mol. The van der Waals surface area contributed by atoms with E-state index in [-0.39, 0.29) is 11.6 Å². The first-order valence-electron chi connectivity index (χ1n) is 3.73. The molecule has 0 aliphatic rings. The van der Waals surface area contributed by atoms with Gasteiger partial charge >= 0.3 is 0 Å². The summed E-state index contributed by atoms with van der Waals surface area (Å²) < 4.78 is 2.51. The summed E-state index contributed by atoms with van der Waals surface area (Å²) in [5.74, 6) is 0. The number of rotatable bonds is 2. The summed E-state index contributed by atoms with van der Waals surface area (Å²) >= 11 is 3.29. The minimum Gasteiger partial charge on any atom is -0.328 e. The van der Waals surface area contributed by atoms with E-state index in [4.69, 9.17) is 5.73 Å². The quantitative estimate of drug-likeness (QED) is 0.829. The maximum atomic E-state index is 11.3. The lowest BCUT2D eigenvalue weighted by Crippen LogP contribution is -2.26. The second-order valence-corrected chi connectivity index (χ2v) is 3.59. The monoisotopic (exact) mass is 230 g/mol. The van der Waals surface area contributed by atoms with Crippen molar-refractivity contribution >= 4 is 15.9 Å². The minimum atomic E-state index is -0.0175. The first-order chi connectivity index (χ1) is 5.65. The van der Waals surface area contributed by atoms with Crippen molar-refractivity contribution in [2.75, 3.05) is 6.54 Å². The van der Waals surface area contributed by atoms with Crippen molar-refractivity contribution in [1.82, 2.24) is 4.57 Å². The van der Waals surface area contributed by atoms with E-state index < -0.39 is 0 Å². The van der Waals surface area contributed by atoms with Crippen molar-refractivity contribution in [3.63, 3.8) is 0 Å². The number of nitrogens with zero attached hydrogens (tertiary/aromatic N) is 1. The topological polar surface area (TPSA) is 48.0 Å². The zero-order valence-corrected chi connectivity index (χ0v) is 8.41. The fourth-order valence-electron chi connectivity index (χ4n) is 0.935. The predicted octanol–water partition coefficient (Wildman–Crippen LogP) is 1.13. The van der Waals surface area contributed by atoms with Gasteiger partial charge in [-0.25, -0.2) is 0 Å². The Kier molecular flexibility index (Phi) is 3.05. The van der Waals surface area contributed by atoms with Crippen LogP contribution in [0.4, 0.5) is 0 Å².